The van der Waals surface area contributed by atoms with E-state index in [0.29, 0.717) is 18.6 Å². The Hall–Kier alpha value is -1.40. The average Bonchev–Trinajstić information content (AvgIpc) is 2.87. The van der Waals surface area contributed by atoms with Gasteiger partial charge in [0, 0.05) is 37.2 Å². The smallest absolute Gasteiger partial charge is 0.134 e. The predicted molar refractivity (Wildman–Crippen MR) is 81.4 cm³/mol. The lowest BCUT2D eigenvalue weighted by atomic mass is 9.76. The maximum atomic E-state index is 9.84. The van der Waals surface area contributed by atoms with Crippen molar-refractivity contribution in [1.29, 1.82) is 0 Å². The third-order valence-electron chi connectivity index (χ3n) is 4.54. The summed E-state index contributed by atoms with van der Waals surface area (Å²) in [6.07, 6.45) is 2.61. The molecule has 3 heterocycles. The number of hydrogen-bond acceptors (Lipinski definition) is 6. The summed E-state index contributed by atoms with van der Waals surface area (Å²) in [6, 6.07) is 2.33. The first-order chi connectivity index (χ1) is 10.1. The zero-order valence-electron chi connectivity index (χ0n) is 12.7. The molecule has 1 aromatic heterocycles. The number of hydrogen-bond donors (Lipinski definition) is 2. The van der Waals surface area contributed by atoms with Crippen molar-refractivity contribution in [2.45, 2.75) is 26.3 Å². The molecule has 2 N–H and O–H groups in total. The SMILES string of the molecule is CC(C)Nc1cc(N2C[C@@H]3CCOC[C@]3(CO)C2)ncn1. The molecule has 0 bridgehead atoms. The van der Waals surface area contributed by atoms with Crippen LogP contribution >= 0.6 is 0 Å². The molecule has 0 unspecified atom stereocenters. The first kappa shape index (κ1) is 14.5. The van der Waals surface area contributed by atoms with E-state index in [1.54, 1.807) is 6.33 Å². The molecule has 2 aliphatic rings. The lowest BCUT2D eigenvalue weighted by Crippen LogP contribution is -2.43. The summed E-state index contributed by atoms with van der Waals surface area (Å²) in [6.45, 7) is 7.52. The number of aliphatic hydroxyl groups excluding tert-OH is 1. The largest absolute Gasteiger partial charge is 0.396 e. The van der Waals surface area contributed by atoms with Gasteiger partial charge in [0.2, 0.25) is 0 Å². The van der Waals surface area contributed by atoms with E-state index in [-0.39, 0.29) is 12.0 Å². The summed E-state index contributed by atoms with van der Waals surface area (Å²) in [5.74, 6) is 2.25. The number of anilines is 2. The van der Waals surface area contributed by atoms with E-state index in [4.69, 9.17) is 4.74 Å². The Balaban J connectivity index is 1.79. The molecule has 0 aromatic carbocycles. The van der Waals surface area contributed by atoms with E-state index < -0.39 is 0 Å². The first-order valence-electron chi connectivity index (χ1n) is 7.65. The van der Waals surface area contributed by atoms with Gasteiger partial charge in [-0.1, -0.05) is 0 Å². The van der Waals surface area contributed by atoms with Crippen molar-refractivity contribution in [3.8, 4) is 0 Å². The maximum Gasteiger partial charge on any atom is 0.134 e. The Bertz CT molecular complexity index is 496. The molecule has 6 heteroatoms. The van der Waals surface area contributed by atoms with E-state index in [1.807, 2.05) is 6.07 Å². The highest BCUT2D eigenvalue weighted by Gasteiger charge is 2.48. The van der Waals surface area contributed by atoms with Gasteiger partial charge >= 0.3 is 0 Å². The Kier molecular flexibility index (Phi) is 3.99. The fourth-order valence-electron chi connectivity index (χ4n) is 3.39. The highest BCUT2D eigenvalue weighted by atomic mass is 16.5. The van der Waals surface area contributed by atoms with Gasteiger partial charge in [0.15, 0.2) is 0 Å². The molecule has 3 rings (SSSR count). The molecule has 0 aliphatic carbocycles. The van der Waals surface area contributed by atoms with Gasteiger partial charge in [0.1, 0.15) is 18.0 Å². The molecule has 116 valence electrons. The van der Waals surface area contributed by atoms with E-state index in [2.05, 4.69) is 34.0 Å². The van der Waals surface area contributed by atoms with Gasteiger partial charge < -0.3 is 20.1 Å². The van der Waals surface area contributed by atoms with Crippen molar-refractivity contribution in [2.75, 3.05) is 43.1 Å². The summed E-state index contributed by atoms with van der Waals surface area (Å²) in [5.41, 5.74) is -0.130. The molecule has 2 saturated heterocycles. The van der Waals surface area contributed by atoms with Crippen LogP contribution < -0.4 is 10.2 Å². The van der Waals surface area contributed by atoms with Crippen LogP contribution in [0.4, 0.5) is 11.6 Å². The molecule has 6 nitrogen and oxygen atoms in total. The van der Waals surface area contributed by atoms with Gasteiger partial charge in [0.25, 0.3) is 0 Å². The number of nitrogens with zero attached hydrogens (tertiary/aromatic N) is 3. The molecule has 1 aromatic rings. The third-order valence-corrected chi connectivity index (χ3v) is 4.54. The fraction of sp³-hybridized carbons (Fsp3) is 0.733. The van der Waals surface area contributed by atoms with Gasteiger partial charge in [-0.2, -0.15) is 0 Å². The van der Waals surface area contributed by atoms with Crippen molar-refractivity contribution in [3.05, 3.63) is 12.4 Å². The van der Waals surface area contributed by atoms with E-state index in [9.17, 15) is 5.11 Å². The molecule has 2 atom stereocenters. The van der Waals surface area contributed by atoms with Crippen molar-refractivity contribution < 1.29 is 9.84 Å². The van der Waals surface area contributed by atoms with Gasteiger partial charge in [-0.3, -0.25) is 0 Å². The fourth-order valence-corrected chi connectivity index (χ4v) is 3.39. The zero-order chi connectivity index (χ0) is 14.9. The number of fused-ring (bicyclic) bond motifs is 1. The van der Waals surface area contributed by atoms with Crippen LogP contribution in [0.25, 0.3) is 0 Å². The molecular weight excluding hydrogens is 268 g/mol. The lowest BCUT2D eigenvalue weighted by Gasteiger charge is -2.36. The van der Waals surface area contributed by atoms with Crippen LogP contribution in [0, 0.1) is 11.3 Å². The maximum absolute atomic E-state index is 9.84. The summed E-state index contributed by atoms with van der Waals surface area (Å²) in [5, 5.41) is 13.1. The summed E-state index contributed by atoms with van der Waals surface area (Å²) in [4.78, 5) is 10.9. The van der Waals surface area contributed by atoms with Crippen molar-refractivity contribution in [3.63, 3.8) is 0 Å². The molecule has 0 radical (unpaired) electrons. The van der Waals surface area contributed by atoms with Crippen LogP contribution in [0.2, 0.25) is 0 Å². The van der Waals surface area contributed by atoms with Crippen LogP contribution in [0.3, 0.4) is 0 Å². The minimum absolute atomic E-state index is 0.130. The van der Waals surface area contributed by atoms with Crippen molar-refractivity contribution >= 4 is 11.6 Å². The first-order valence-corrected chi connectivity index (χ1v) is 7.65. The minimum Gasteiger partial charge on any atom is -0.396 e. The second kappa shape index (κ2) is 5.77. The zero-order valence-corrected chi connectivity index (χ0v) is 12.7. The number of ether oxygens (including phenoxy) is 1. The normalized spacial score (nSPS) is 28.8. The van der Waals surface area contributed by atoms with Crippen molar-refractivity contribution in [1.82, 2.24) is 9.97 Å². The standard InChI is InChI=1S/C15H24N4O2/c1-11(2)18-13-5-14(17-10-16-13)19-6-12-3-4-21-9-15(12,7-19)8-20/h5,10-12,20H,3-4,6-9H2,1-2H3,(H,16,17,18)/t12-,15+/m0/s1. The molecule has 0 saturated carbocycles. The topological polar surface area (TPSA) is 70.5 Å². The summed E-state index contributed by atoms with van der Waals surface area (Å²) >= 11 is 0. The molecule has 2 aliphatic heterocycles. The predicted octanol–water partition coefficient (Wildman–Crippen LogP) is 1.13. The van der Waals surface area contributed by atoms with Gasteiger partial charge in [0.05, 0.1) is 13.2 Å². The minimum atomic E-state index is -0.130. The highest BCUT2D eigenvalue weighted by molar-refractivity contribution is 5.50. The van der Waals surface area contributed by atoms with Gasteiger partial charge in [-0.25, -0.2) is 9.97 Å². The highest BCUT2D eigenvalue weighted by Crippen LogP contribution is 2.42. The Morgan fingerprint density at radius 3 is 3.10 bits per heavy atom. The van der Waals surface area contributed by atoms with E-state index in [1.165, 1.54) is 0 Å². The van der Waals surface area contributed by atoms with Crippen LogP contribution in [0.5, 0.6) is 0 Å². The molecule has 0 spiro atoms. The lowest BCUT2D eigenvalue weighted by molar-refractivity contribution is -0.0543. The number of rotatable bonds is 4. The Morgan fingerprint density at radius 1 is 1.52 bits per heavy atom. The monoisotopic (exact) mass is 292 g/mol. The van der Waals surface area contributed by atoms with Crippen LogP contribution in [0.1, 0.15) is 20.3 Å². The van der Waals surface area contributed by atoms with Crippen LogP contribution in [-0.2, 0) is 4.74 Å². The quantitative estimate of drug-likeness (QED) is 0.867. The second-order valence-electron chi connectivity index (χ2n) is 6.50. The second-order valence-corrected chi connectivity index (χ2v) is 6.50. The van der Waals surface area contributed by atoms with E-state index >= 15 is 0 Å². The van der Waals surface area contributed by atoms with Crippen molar-refractivity contribution in [2.24, 2.45) is 11.3 Å². The van der Waals surface area contributed by atoms with E-state index in [0.717, 1.165) is 37.8 Å². The van der Waals surface area contributed by atoms with Crippen LogP contribution in [-0.4, -0.2) is 54.0 Å². The molecule has 0 amide bonds. The van der Waals surface area contributed by atoms with Crippen LogP contribution in [0.15, 0.2) is 12.4 Å². The Labute approximate surface area is 125 Å². The molecular formula is C15H24N4O2. The average molecular weight is 292 g/mol. The summed E-state index contributed by atoms with van der Waals surface area (Å²) in [7, 11) is 0. The number of aliphatic hydroxyl groups is 1. The third kappa shape index (κ3) is 2.82. The Morgan fingerprint density at radius 2 is 2.38 bits per heavy atom. The summed E-state index contributed by atoms with van der Waals surface area (Å²) < 4.78 is 5.61. The van der Waals surface area contributed by atoms with Gasteiger partial charge in [-0.05, 0) is 26.2 Å². The molecule has 2 fully saturated rings. The van der Waals surface area contributed by atoms with Gasteiger partial charge in [-0.15, -0.1) is 0 Å². The molecule has 21 heavy (non-hydrogen) atoms. The number of nitrogens with one attached hydrogen (secondary N) is 1. The number of aromatic nitrogens is 2.